The minimum absolute atomic E-state index is 0.0318. The lowest BCUT2D eigenvalue weighted by atomic mass is 10.0. The lowest BCUT2D eigenvalue weighted by Crippen LogP contribution is -2.59. The van der Waals surface area contributed by atoms with E-state index in [0.717, 1.165) is 18.6 Å². The number of halogens is 3. The van der Waals surface area contributed by atoms with Gasteiger partial charge in [0.05, 0.1) is 16.9 Å². The van der Waals surface area contributed by atoms with Crippen LogP contribution in [0.1, 0.15) is 91.0 Å². The van der Waals surface area contributed by atoms with Crippen molar-refractivity contribution in [3.63, 3.8) is 0 Å². The van der Waals surface area contributed by atoms with Crippen molar-refractivity contribution in [2.75, 3.05) is 6.54 Å². The van der Waals surface area contributed by atoms with Gasteiger partial charge in [0, 0.05) is 28.8 Å². The molecule has 336 valence electrons. The fraction of sp³-hybridized carbons (Fsp3) is 0.500. The summed E-state index contributed by atoms with van der Waals surface area (Å²) in [5.74, 6) is -2.75. The van der Waals surface area contributed by atoms with Crippen LogP contribution in [0.25, 0.3) is 33.5 Å². The molecular weight excluding hydrogens is 844 g/mol. The second kappa shape index (κ2) is 16.1. The van der Waals surface area contributed by atoms with Crippen molar-refractivity contribution in [2.45, 2.75) is 126 Å². The Morgan fingerprint density at radius 1 is 1.00 bits per heavy atom. The third kappa shape index (κ3) is 9.06. The number of alkyl halides is 3. The topological polar surface area (TPSA) is 202 Å². The normalized spacial score (nSPS) is 25.8. The number of fused-ring (bicyclic) bond motifs is 5. The van der Waals surface area contributed by atoms with Crippen LogP contribution in [0, 0.1) is 5.92 Å². The number of nitrogens with zero attached hydrogens (tertiary/aromatic N) is 3. The fourth-order valence-electron chi connectivity index (χ4n) is 8.22. The molecule has 8 rings (SSSR count). The molecular formula is C44H50F3N7O8S. The highest BCUT2D eigenvalue weighted by molar-refractivity contribution is 7.91. The summed E-state index contributed by atoms with van der Waals surface area (Å²) in [6.07, 6.45) is 1.89. The van der Waals surface area contributed by atoms with Gasteiger partial charge in [-0.1, -0.05) is 49.3 Å². The standard InChI is InChI=1S/C44H50F3N7O8S/c1-41(2,3)52-40(58)48-30-14-9-7-5-6-8-12-27-23-43(27,39(57)53-63(59,60)42(4)20-21-42)51-36(55)31-22-28(24-54(31)38(30)56)61-37-34-33(29-13-10-11-15-32(29)62-34)49-35(50-37)25-16-18-26(19-17-25)44(45,46)47/h8,10-13,15-19,27-28,30-31H,5-7,9,14,20-24H2,1-4H3,(H,51,55)(H,53,57)(H2,48,52,58)/b12-8-. The first kappa shape index (κ1) is 43.9. The molecule has 5 unspecified atom stereocenters. The number of urea groups is 1. The summed E-state index contributed by atoms with van der Waals surface area (Å²) >= 11 is 0. The average Bonchev–Trinajstić information content (AvgIpc) is 4.03. The maximum absolute atomic E-state index is 14.7. The van der Waals surface area contributed by atoms with Gasteiger partial charge in [0.2, 0.25) is 27.4 Å². The van der Waals surface area contributed by atoms with Gasteiger partial charge in [-0.15, -0.1) is 0 Å². The van der Waals surface area contributed by atoms with E-state index in [1.165, 1.54) is 17.0 Å². The first-order valence-corrected chi connectivity index (χ1v) is 22.6. The SMILES string of the molecule is CC(C)(C)NC(=O)NC1CCCCC/C=C\C2CC2(C(=O)NS(=O)(=O)C2(C)CC2)NC(=O)C2CC(Oc3nc(-c4ccc(C(F)(F)F)cc4)nc4c3oc3ccccc34)CN2C1=O. The fourth-order valence-corrected chi connectivity index (χ4v) is 9.53. The van der Waals surface area contributed by atoms with Crippen molar-refractivity contribution in [2.24, 2.45) is 5.92 Å². The molecule has 19 heteroatoms. The molecule has 15 nitrogen and oxygen atoms in total. The van der Waals surface area contributed by atoms with Gasteiger partial charge in [0.15, 0.2) is 5.82 Å². The van der Waals surface area contributed by atoms with Crippen LogP contribution in [0.4, 0.5) is 18.0 Å². The van der Waals surface area contributed by atoms with Crippen LogP contribution >= 0.6 is 0 Å². The van der Waals surface area contributed by atoms with Gasteiger partial charge in [0.25, 0.3) is 11.8 Å². The van der Waals surface area contributed by atoms with Gasteiger partial charge >= 0.3 is 12.2 Å². The molecule has 5 amide bonds. The van der Waals surface area contributed by atoms with Crippen molar-refractivity contribution < 1.29 is 49.9 Å². The summed E-state index contributed by atoms with van der Waals surface area (Å²) in [5, 5.41) is 9.06. The van der Waals surface area contributed by atoms with Gasteiger partial charge in [-0.25, -0.2) is 18.2 Å². The zero-order chi connectivity index (χ0) is 45.1. The molecule has 1 saturated heterocycles. The van der Waals surface area contributed by atoms with Crippen molar-refractivity contribution in [3.8, 4) is 17.3 Å². The van der Waals surface area contributed by atoms with E-state index < -0.39 is 85.4 Å². The number of rotatable bonds is 7. The third-order valence-electron chi connectivity index (χ3n) is 12.2. The third-order valence-corrected chi connectivity index (χ3v) is 14.4. The highest BCUT2D eigenvalue weighted by atomic mass is 32.2. The van der Waals surface area contributed by atoms with E-state index in [4.69, 9.17) is 9.15 Å². The molecule has 4 N–H and O–H groups in total. The van der Waals surface area contributed by atoms with Crippen molar-refractivity contribution >= 4 is 55.8 Å². The number of para-hydroxylation sites is 1. The van der Waals surface area contributed by atoms with Gasteiger partial charge in [-0.05, 0) is 90.5 Å². The number of nitrogens with one attached hydrogen (secondary N) is 4. The number of sulfonamides is 1. The summed E-state index contributed by atoms with van der Waals surface area (Å²) in [6, 6.07) is 8.41. The molecule has 0 spiro atoms. The Morgan fingerprint density at radius 3 is 2.43 bits per heavy atom. The highest BCUT2D eigenvalue weighted by Gasteiger charge is 2.63. The van der Waals surface area contributed by atoms with Crippen LogP contribution in [0.2, 0.25) is 0 Å². The van der Waals surface area contributed by atoms with Crippen LogP contribution in [0.5, 0.6) is 5.88 Å². The number of benzene rings is 2. The van der Waals surface area contributed by atoms with Gasteiger partial charge in [0.1, 0.15) is 34.8 Å². The molecule has 4 aromatic rings. The van der Waals surface area contributed by atoms with Crippen LogP contribution in [0.15, 0.2) is 65.1 Å². The highest BCUT2D eigenvalue weighted by Crippen LogP contribution is 2.48. The predicted octanol–water partition coefficient (Wildman–Crippen LogP) is 6.27. The van der Waals surface area contributed by atoms with E-state index in [0.29, 0.717) is 48.6 Å². The van der Waals surface area contributed by atoms with Crippen LogP contribution < -0.4 is 25.4 Å². The second-order valence-corrected chi connectivity index (χ2v) is 20.5. The molecule has 3 fully saturated rings. The van der Waals surface area contributed by atoms with E-state index >= 15 is 0 Å². The first-order chi connectivity index (χ1) is 29.7. The van der Waals surface area contributed by atoms with Gasteiger partial charge in [-0.3, -0.25) is 19.1 Å². The lowest BCUT2D eigenvalue weighted by molar-refractivity contribution is -0.141. The zero-order valence-corrected chi connectivity index (χ0v) is 36.1. The molecule has 0 radical (unpaired) electrons. The molecule has 4 aliphatic rings. The zero-order valence-electron chi connectivity index (χ0n) is 35.3. The number of hydrogen-bond acceptors (Lipinski definition) is 10. The van der Waals surface area contributed by atoms with Crippen molar-refractivity contribution in [1.82, 2.24) is 35.5 Å². The van der Waals surface area contributed by atoms with Crippen molar-refractivity contribution in [1.29, 1.82) is 0 Å². The molecule has 4 heterocycles. The number of carbonyl (C=O) groups is 4. The number of aromatic nitrogens is 2. The summed E-state index contributed by atoms with van der Waals surface area (Å²) in [5.41, 5.74) is -1.98. The van der Waals surface area contributed by atoms with Crippen LogP contribution in [-0.2, 0) is 30.6 Å². The molecule has 0 bridgehead atoms. The summed E-state index contributed by atoms with van der Waals surface area (Å²) in [7, 11) is -4.07. The van der Waals surface area contributed by atoms with E-state index in [1.807, 2.05) is 12.2 Å². The summed E-state index contributed by atoms with van der Waals surface area (Å²) < 4.78 is 80.8. The molecule has 2 aromatic carbocycles. The van der Waals surface area contributed by atoms with E-state index in [-0.39, 0.29) is 48.7 Å². The number of hydrogen-bond donors (Lipinski definition) is 4. The van der Waals surface area contributed by atoms with Gasteiger partial charge < -0.3 is 30.0 Å². The smallest absolute Gasteiger partial charge is 0.416 e. The molecule has 2 aromatic heterocycles. The van der Waals surface area contributed by atoms with E-state index in [2.05, 4.69) is 30.6 Å². The number of allylic oxidation sites excluding steroid dienone is 1. The van der Waals surface area contributed by atoms with Gasteiger partial charge in [-0.2, -0.15) is 18.2 Å². The van der Waals surface area contributed by atoms with Crippen LogP contribution in [0.3, 0.4) is 0 Å². The molecule has 2 saturated carbocycles. The van der Waals surface area contributed by atoms with Crippen molar-refractivity contribution in [3.05, 3.63) is 66.2 Å². The molecule has 2 aliphatic heterocycles. The Balaban J connectivity index is 1.15. The number of ether oxygens (including phenoxy) is 1. The second-order valence-electron chi connectivity index (χ2n) is 18.3. The average molecular weight is 894 g/mol. The Kier molecular flexibility index (Phi) is 11.2. The quantitative estimate of drug-likeness (QED) is 0.153. The summed E-state index contributed by atoms with van der Waals surface area (Å²) in [6.45, 7) is 6.75. The Morgan fingerprint density at radius 2 is 1.73 bits per heavy atom. The maximum atomic E-state index is 14.7. The Bertz CT molecular complexity index is 2610. The molecule has 63 heavy (non-hydrogen) atoms. The maximum Gasteiger partial charge on any atom is 0.416 e. The minimum atomic E-state index is -4.57. The Labute approximate surface area is 362 Å². The number of furan rings is 1. The predicted molar refractivity (Wildman–Crippen MR) is 225 cm³/mol. The number of amides is 5. The minimum Gasteiger partial charge on any atom is -0.470 e. The lowest BCUT2D eigenvalue weighted by Gasteiger charge is -2.30. The largest absolute Gasteiger partial charge is 0.470 e. The number of carbonyl (C=O) groups excluding carboxylic acids is 4. The summed E-state index contributed by atoms with van der Waals surface area (Å²) in [4.78, 5) is 67.2. The van der Waals surface area contributed by atoms with E-state index in [9.17, 15) is 40.8 Å². The molecule has 2 aliphatic carbocycles. The van der Waals surface area contributed by atoms with E-state index in [1.54, 1.807) is 52.0 Å². The first-order valence-electron chi connectivity index (χ1n) is 21.1. The monoisotopic (exact) mass is 893 g/mol. The Hall–Kier alpha value is -5.72. The molecule has 5 atom stereocenters. The van der Waals surface area contributed by atoms with Crippen LogP contribution in [-0.4, -0.2) is 87.6 Å².